The number of carbonyl (C=O) groups excluding carboxylic acids is 2. The number of ketones is 1. The molecule has 29 heavy (non-hydrogen) atoms. The molecule has 2 heterocycles. The molecule has 3 rings (SSSR count). The van der Waals surface area contributed by atoms with Crippen LogP contribution in [0.3, 0.4) is 0 Å². The van der Waals surface area contributed by atoms with E-state index in [1.165, 1.54) is 24.7 Å². The van der Waals surface area contributed by atoms with E-state index in [-0.39, 0.29) is 17.8 Å². The molecule has 0 radical (unpaired) electrons. The minimum atomic E-state index is -1.28. The van der Waals surface area contributed by atoms with Gasteiger partial charge in [-0.3, -0.25) is 24.6 Å². The molecule has 0 aliphatic carbocycles. The van der Waals surface area contributed by atoms with Gasteiger partial charge in [0.25, 0.3) is 5.91 Å². The highest BCUT2D eigenvalue weighted by atomic mass is 16.4. The third kappa shape index (κ3) is 4.69. The van der Waals surface area contributed by atoms with Crippen LogP contribution in [0.5, 0.6) is 0 Å². The van der Waals surface area contributed by atoms with Gasteiger partial charge in [-0.2, -0.15) is 0 Å². The Morgan fingerprint density at radius 2 is 1.48 bits per heavy atom. The van der Waals surface area contributed by atoms with Crippen molar-refractivity contribution in [2.45, 2.75) is 12.5 Å². The number of benzene rings is 1. The Morgan fingerprint density at radius 1 is 0.897 bits per heavy atom. The van der Waals surface area contributed by atoms with E-state index >= 15 is 0 Å². The number of carboxylic acids is 1. The molecule has 8 heteroatoms. The van der Waals surface area contributed by atoms with Crippen molar-refractivity contribution in [2.24, 2.45) is 5.84 Å². The Hall–Kier alpha value is -3.91. The van der Waals surface area contributed by atoms with E-state index in [1.807, 2.05) is 0 Å². The summed E-state index contributed by atoms with van der Waals surface area (Å²) >= 11 is 0. The Morgan fingerprint density at radius 3 is 2.00 bits per heavy atom. The number of carboxylic acid groups (broad SMARTS) is 1. The number of hydrogen-bond acceptors (Lipinski definition) is 6. The number of hydrogen-bond donors (Lipinski definition) is 2. The van der Waals surface area contributed by atoms with Gasteiger partial charge in [0.2, 0.25) is 0 Å². The van der Waals surface area contributed by atoms with Crippen molar-refractivity contribution in [3.8, 4) is 0 Å². The first kappa shape index (κ1) is 19.8. The van der Waals surface area contributed by atoms with Gasteiger partial charge in [0, 0.05) is 42.3 Å². The molecule has 0 fully saturated rings. The molecular formula is C21H18N4O4. The van der Waals surface area contributed by atoms with E-state index in [9.17, 15) is 19.5 Å². The summed E-state index contributed by atoms with van der Waals surface area (Å²) in [6.45, 7) is 0. The van der Waals surface area contributed by atoms with Crippen LogP contribution in [0.1, 0.15) is 31.8 Å². The lowest BCUT2D eigenvalue weighted by Gasteiger charge is -2.24. The standard InChI is InChI=1S/C21H18N4O4/c22-25(20(27)17-4-2-10-24-13-17)18(21(28)29)11-14-5-7-15(8-6-14)19(26)16-3-1-9-23-12-16/h1-10,12-13,18H,11,22H2,(H,28,29). The van der Waals surface area contributed by atoms with Crippen LogP contribution in [0.15, 0.2) is 73.3 Å². The Labute approximate surface area is 166 Å². The summed E-state index contributed by atoms with van der Waals surface area (Å²) in [5, 5.41) is 10.2. The summed E-state index contributed by atoms with van der Waals surface area (Å²) in [6.07, 6.45) is 5.87. The van der Waals surface area contributed by atoms with E-state index in [0.717, 1.165) is 0 Å². The number of aromatic nitrogens is 2. The molecule has 3 aromatic rings. The fourth-order valence-electron chi connectivity index (χ4n) is 2.76. The maximum Gasteiger partial charge on any atom is 0.328 e. The second-order valence-corrected chi connectivity index (χ2v) is 6.28. The quantitative estimate of drug-likeness (QED) is 0.272. The zero-order valence-electron chi connectivity index (χ0n) is 15.3. The number of rotatable bonds is 7. The lowest BCUT2D eigenvalue weighted by Crippen LogP contribution is -2.50. The van der Waals surface area contributed by atoms with Crippen molar-refractivity contribution in [1.29, 1.82) is 0 Å². The topological polar surface area (TPSA) is 126 Å². The van der Waals surface area contributed by atoms with Gasteiger partial charge in [-0.1, -0.05) is 24.3 Å². The van der Waals surface area contributed by atoms with Crippen molar-refractivity contribution >= 4 is 17.7 Å². The highest BCUT2D eigenvalue weighted by Crippen LogP contribution is 2.14. The average Bonchev–Trinajstić information content (AvgIpc) is 2.77. The SMILES string of the molecule is NN(C(=O)c1cccnc1)C(Cc1ccc(C(=O)c2cccnc2)cc1)C(=O)O. The van der Waals surface area contributed by atoms with Crippen LogP contribution in [-0.4, -0.2) is 43.8 Å². The van der Waals surface area contributed by atoms with Gasteiger partial charge in [0.05, 0.1) is 5.56 Å². The van der Waals surface area contributed by atoms with Gasteiger partial charge in [-0.25, -0.2) is 10.6 Å². The molecule has 1 unspecified atom stereocenters. The summed E-state index contributed by atoms with van der Waals surface area (Å²) in [4.78, 5) is 44.3. The smallest absolute Gasteiger partial charge is 0.328 e. The molecule has 3 N–H and O–H groups in total. The molecule has 2 aromatic heterocycles. The highest BCUT2D eigenvalue weighted by molar-refractivity contribution is 6.08. The summed E-state index contributed by atoms with van der Waals surface area (Å²) < 4.78 is 0. The number of aliphatic carboxylic acids is 1. The molecular weight excluding hydrogens is 372 g/mol. The first-order valence-corrected chi connectivity index (χ1v) is 8.72. The molecule has 0 saturated heterocycles. The van der Waals surface area contributed by atoms with Crippen LogP contribution >= 0.6 is 0 Å². The van der Waals surface area contributed by atoms with Crippen LogP contribution in [0, 0.1) is 0 Å². The Kier molecular flexibility index (Phi) is 6.06. The summed E-state index contributed by atoms with van der Waals surface area (Å²) in [7, 11) is 0. The van der Waals surface area contributed by atoms with Crippen LogP contribution in [0.25, 0.3) is 0 Å². The van der Waals surface area contributed by atoms with Gasteiger partial charge in [0.1, 0.15) is 6.04 Å². The minimum absolute atomic E-state index is 0.0147. The number of nitrogens with two attached hydrogens (primary N) is 1. The zero-order valence-corrected chi connectivity index (χ0v) is 15.3. The Balaban J connectivity index is 1.75. The number of pyridine rings is 2. The maximum absolute atomic E-state index is 12.4. The number of amides is 1. The molecule has 0 bridgehead atoms. The molecule has 1 aromatic carbocycles. The van der Waals surface area contributed by atoms with Gasteiger partial charge in [-0.15, -0.1) is 0 Å². The van der Waals surface area contributed by atoms with Gasteiger partial charge >= 0.3 is 5.97 Å². The fraction of sp³-hybridized carbons (Fsp3) is 0.0952. The molecule has 0 saturated carbocycles. The van der Waals surface area contributed by atoms with Crippen LogP contribution < -0.4 is 5.84 Å². The van der Waals surface area contributed by atoms with E-state index in [1.54, 1.807) is 48.7 Å². The molecule has 0 aliphatic rings. The van der Waals surface area contributed by atoms with E-state index < -0.39 is 17.9 Å². The minimum Gasteiger partial charge on any atom is -0.480 e. The second kappa shape index (κ2) is 8.85. The molecule has 1 amide bonds. The number of carbonyl (C=O) groups is 3. The van der Waals surface area contributed by atoms with E-state index in [4.69, 9.17) is 5.84 Å². The molecule has 0 aliphatic heterocycles. The largest absolute Gasteiger partial charge is 0.480 e. The summed E-state index contributed by atoms with van der Waals surface area (Å²) in [6, 6.07) is 11.6. The predicted octanol–water partition coefficient (Wildman–Crippen LogP) is 1.72. The number of nitrogens with zero attached hydrogens (tertiary/aromatic N) is 3. The van der Waals surface area contributed by atoms with Crippen molar-refractivity contribution in [2.75, 3.05) is 0 Å². The summed E-state index contributed by atoms with van der Waals surface area (Å²) in [5.41, 5.74) is 1.72. The van der Waals surface area contributed by atoms with Gasteiger partial charge in [-0.05, 0) is 29.8 Å². The van der Waals surface area contributed by atoms with Gasteiger partial charge in [0.15, 0.2) is 5.78 Å². The van der Waals surface area contributed by atoms with Crippen LogP contribution in [0.4, 0.5) is 0 Å². The lowest BCUT2D eigenvalue weighted by molar-refractivity contribution is -0.142. The predicted molar refractivity (Wildman–Crippen MR) is 104 cm³/mol. The average molecular weight is 390 g/mol. The number of hydrazine groups is 1. The fourth-order valence-corrected chi connectivity index (χ4v) is 2.76. The maximum atomic E-state index is 12.4. The molecule has 0 spiro atoms. The van der Waals surface area contributed by atoms with Crippen LogP contribution in [-0.2, 0) is 11.2 Å². The van der Waals surface area contributed by atoms with Crippen molar-refractivity contribution in [3.63, 3.8) is 0 Å². The summed E-state index contributed by atoms with van der Waals surface area (Å²) in [5.74, 6) is 3.74. The third-order valence-corrected chi connectivity index (χ3v) is 4.33. The highest BCUT2D eigenvalue weighted by Gasteiger charge is 2.28. The van der Waals surface area contributed by atoms with Gasteiger partial charge < -0.3 is 5.11 Å². The monoisotopic (exact) mass is 390 g/mol. The molecule has 1 atom stereocenters. The normalized spacial score (nSPS) is 11.5. The first-order valence-electron chi connectivity index (χ1n) is 8.72. The zero-order chi connectivity index (χ0) is 20.8. The Bertz CT molecular complexity index is 1010. The third-order valence-electron chi connectivity index (χ3n) is 4.33. The van der Waals surface area contributed by atoms with Crippen molar-refractivity contribution in [1.82, 2.24) is 15.0 Å². The van der Waals surface area contributed by atoms with Crippen molar-refractivity contribution in [3.05, 3.63) is 95.6 Å². The van der Waals surface area contributed by atoms with E-state index in [2.05, 4.69) is 9.97 Å². The molecule has 146 valence electrons. The van der Waals surface area contributed by atoms with Crippen LogP contribution in [0.2, 0.25) is 0 Å². The second-order valence-electron chi connectivity index (χ2n) is 6.28. The molecule has 8 nitrogen and oxygen atoms in total. The first-order chi connectivity index (χ1) is 14.0. The van der Waals surface area contributed by atoms with E-state index in [0.29, 0.717) is 21.7 Å². The lowest BCUT2D eigenvalue weighted by atomic mass is 10.00. The van der Waals surface area contributed by atoms with Crippen molar-refractivity contribution < 1.29 is 19.5 Å².